The van der Waals surface area contributed by atoms with Gasteiger partial charge in [-0.25, -0.2) is 4.31 Å². The molecule has 0 saturated carbocycles. The number of nitrogens with zero attached hydrogens (tertiary/aromatic N) is 1. The fourth-order valence-electron chi connectivity index (χ4n) is 1.52. The topological polar surface area (TPSA) is 46.6 Å². The molecule has 1 fully saturated rings. The van der Waals surface area contributed by atoms with Crippen LogP contribution in [-0.2, 0) is 14.5 Å². The number of aryl methyl sites for hydroxylation is 1. The molecule has 0 bridgehead atoms. The van der Waals surface area contributed by atoms with Crippen molar-refractivity contribution >= 4 is 16.0 Å². The van der Waals surface area contributed by atoms with Crippen molar-refractivity contribution < 1.29 is 12.6 Å². The van der Waals surface area contributed by atoms with E-state index in [0.29, 0.717) is 12.2 Å². The third-order valence-electron chi connectivity index (χ3n) is 2.33. The van der Waals surface area contributed by atoms with Crippen molar-refractivity contribution in [3.05, 3.63) is 29.8 Å². The molecule has 1 aliphatic rings. The molecule has 0 unspecified atom stereocenters. The third kappa shape index (κ3) is 2.13. The van der Waals surface area contributed by atoms with E-state index >= 15 is 0 Å². The van der Waals surface area contributed by atoms with Gasteiger partial charge < -0.3 is 0 Å². The van der Waals surface area contributed by atoms with Gasteiger partial charge in [0.05, 0.1) is 12.3 Å². The van der Waals surface area contributed by atoms with Crippen LogP contribution in [0.1, 0.15) is 12.0 Å². The summed E-state index contributed by atoms with van der Waals surface area (Å²) in [5.74, 6) is 0. The molecule has 1 aromatic carbocycles. The molecule has 0 radical (unpaired) electrons. The van der Waals surface area contributed by atoms with Crippen LogP contribution < -0.4 is 4.31 Å². The van der Waals surface area contributed by atoms with E-state index in [2.05, 4.69) is 0 Å². The molecule has 0 atom stereocenters. The van der Waals surface area contributed by atoms with Crippen LogP contribution in [0.2, 0.25) is 0 Å². The number of rotatable bonds is 1. The van der Waals surface area contributed by atoms with Crippen molar-refractivity contribution in [3.8, 4) is 0 Å². The smallest absolute Gasteiger partial charge is 0.253 e. The lowest BCUT2D eigenvalue weighted by Crippen LogP contribution is -2.38. The quantitative estimate of drug-likeness (QED) is 0.729. The number of anilines is 1. The Morgan fingerprint density at radius 1 is 1.27 bits per heavy atom. The predicted molar refractivity (Wildman–Crippen MR) is 58.0 cm³/mol. The van der Waals surface area contributed by atoms with Crippen LogP contribution in [0, 0.1) is 6.92 Å². The van der Waals surface area contributed by atoms with E-state index < -0.39 is 10.3 Å². The Bertz CT molecular complexity index is 438. The molecule has 5 heteroatoms. The van der Waals surface area contributed by atoms with Gasteiger partial charge in [0.1, 0.15) is 0 Å². The summed E-state index contributed by atoms with van der Waals surface area (Å²) in [7, 11) is -3.56. The molecule has 1 heterocycles. The number of hydrogen-bond donors (Lipinski definition) is 0. The molecular formula is C10H13NO3S. The van der Waals surface area contributed by atoms with Crippen molar-refractivity contribution in [1.29, 1.82) is 0 Å². The summed E-state index contributed by atoms with van der Waals surface area (Å²) in [6.07, 6.45) is 0.729. The Kier molecular flexibility index (Phi) is 2.67. The monoisotopic (exact) mass is 227 g/mol. The summed E-state index contributed by atoms with van der Waals surface area (Å²) in [4.78, 5) is 0. The standard InChI is InChI=1S/C10H13NO3S/c1-9-3-5-10(6-4-9)11-7-2-8-14-15(11,12)13/h3-6H,2,7-8H2,1H3. The van der Waals surface area contributed by atoms with Gasteiger partial charge in [-0.15, -0.1) is 0 Å². The molecule has 0 N–H and O–H groups in total. The van der Waals surface area contributed by atoms with Crippen molar-refractivity contribution in [1.82, 2.24) is 0 Å². The Morgan fingerprint density at radius 2 is 1.93 bits per heavy atom. The van der Waals surface area contributed by atoms with Crippen LogP contribution in [0.15, 0.2) is 24.3 Å². The molecule has 1 saturated heterocycles. The van der Waals surface area contributed by atoms with E-state index in [4.69, 9.17) is 4.18 Å². The molecule has 15 heavy (non-hydrogen) atoms. The minimum Gasteiger partial charge on any atom is -0.253 e. The summed E-state index contributed by atoms with van der Waals surface area (Å²) in [6, 6.07) is 7.36. The first-order valence-electron chi connectivity index (χ1n) is 4.83. The average molecular weight is 227 g/mol. The molecule has 82 valence electrons. The molecule has 0 aromatic heterocycles. The summed E-state index contributed by atoms with van der Waals surface area (Å²) in [5.41, 5.74) is 1.77. The highest BCUT2D eigenvalue weighted by Gasteiger charge is 2.26. The second-order valence-electron chi connectivity index (χ2n) is 3.54. The maximum Gasteiger partial charge on any atom is 0.362 e. The highest BCUT2D eigenvalue weighted by atomic mass is 32.2. The first-order chi connectivity index (χ1) is 7.09. The lowest BCUT2D eigenvalue weighted by molar-refractivity contribution is 0.294. The van der Waals surface area contributed by atoms with Crippen LogP contribution in [0.4, 0.5) is 5.69 Å². The zero-order valence-corrected chi connectivity index (χ0v) is 9.33. The Balaban J connectivity index is 2.33. The van der Waals surface area contributed by atoms with E-state index in [1.54, 1.807) is 12.1 Å². The lowest BCUT2D eigenvalue weighted by Gasteiger charge is -2.27. The largest absolute Gasteiger partial charge is 0.362 e. The van der Waals surface area contributed by atoms with Gasteiger partial charge in [-0.1, -0.05) is 17.7 Å². The van der Waals surface area contributed by atoms with Gasteiger partial charge in [-0.2, -0.15) is 8.42 Å². The summed E-state index contributed by atoms with van der Waals surface area (Å²) in [5, 5.41) is 0. The average Bonchev–Trinajstić information content (AvgIpc) is 2.19. The van der Waals surface area contributed by atoms with Crippen molar-refractivity contribution in [3.63, 3.8) is 0 Å². The van der Waals surface area contributed by atoms with Gasteiger partial charge in [0, 0.05) is 6.54 Å². The summed E-state index contributed by atoms with van der Waals surface area (Å²) >= 11 is 0. The normalized spacial score (nSPS) is 20.2. The first-order valence-corrected chi connectivity index (χ1v) is 6.20. The highest BCUT2D eigenvalue weighted by molar-refractivity contribution is 7.88. The number of hydrogen-bond acceptors (Lipinski definition) is 3. The maximum absolute atomic E-state index is 11.6. The molecule has 0 amide bonds. The minimum atomic E-state index is -3.56. The van der Waals surface area contributed by atoms with Gasteiger partial charge in [0.2, 0.25) is 0 Å². The number of benzene rings is 1. The van der Waals surface area contributed by atoms with E-state index in [1.165, 1.54) is 4.31 Å². The predicted octanol–water partition coefficient (Wildman–Crippen LogP) is 1.47. The van der Waals surface area contributed by atoms with Gasteiger partial charge in [-0.05, 0) is 25.5 Å². The van der Waals surface area contributed by atoms with Gasteiger partial charge in [0.15, 0.2) is 0 Å². The SMILES string of the molecule is Cc1ccc(N2CCCOS2(=O)=O)cc1. The van der Waals surface area contributed by atoms with E-state index in [9.17, 15) is 8.42 Å². The van der Waals surface area contributed by atoms with Crippen molar-refractivity contribution in [2.45, 2.75) is 13.3 Å². The van der Waals surface area contributed by atoms with Gasteiger partial charge in [0.25, 0.3) is 0 Å². The summed E-state index contributed by atoms with van der Waals surface area (Å²) in [6.45, 7) is 2.74. The van der Waals surface area contributed by atoms with Crippen LogP contribution >= 0.6 is 0 Å². The fraction of sp³-hybridized carbons (Fsp3) is 0.400. The molecule has 0 aliphatic carbocycles. The van der Waals surface area contributed by atoms with Gasteiger partial charge in [-0.3, -0.25) is 4.18 Å². The Labute approximate surface area is 89.7 Å². The van der Waals surface area contributed by atoms with Crippen molar-refractivity contribution in [2.24, 2.45) is 0 Å². The minimum absolute atomic E-state index is 0.282. The molecule has 4 nitrogen and oxygen atoms in total. The van der Waals surface area contributed by atoms with Crippen LogP contribution in [0.25, 0.3) is 0 Å². The molecule has 0 spiro atoms. The van der Waals surface area contributed by atoms with Crippen LogP contribution in [0.5, 0.6) is 0 Å². The Morgan fingerprint density at radius 3 is 2.53 bits per heavy atom. The fourth-order valence-corrected chi connectivity index (χ4v) is 2.71. The van der Waals surface area contributed by atoms with E-state index in [-0.39, 0.29) is 6.61 Å². The van der Waals surface area contributed by atoms with Gasteiger partial charge >= 0.3 is 10.3 Å². The summed E-state index contributed by atoms with van der Waals surface area (Å²) < 4.78 is 29.2. The molecule has 1 aromatic rings. The van der Waals surface area contributed by atoms with Crippen LogP contribution in [0.3, 0.4) is 0 Å². The molecular weight excluding hydrogens is 214 g/mol. The van der Waals surface area contributed by atoms with E-state index in [0.717, 1.165) is 12.0 Å². The molecule has 2 rings (SSSR count). The maximum atomic E-state index is 11.6. The second kappa shape index (κ2) is 3.83. The molecule has 1 aliphatic heterocycles. The highest BCUT2D eigenvalue weighted by Crippen LogP contribution is 2.22. The zero-order chi connectivity index (χ0) is 10.9. The lowest BCUT2D eigenvalue weighted by atomic mass is 10.2. The van der Waals surface area contributed by atoms with Crippen molar-refractivity contribution in [2.75, 3.05) is 17.5 Å². The third-order valence-corrected chi connectivity index (χ3v) is 3.73. The zero-order valence-electron chi connectivity index (χ0n) is 8.51. The van der Waals surface area contributed by atoms with Crippen LogP contribution in [-0.4, -0.2) is 21.6 Å². The second-order valence-corrected chi connectivity index (χ2v) is 5.07. The Hall–Kier alpha value is -1.07. The first kappa shape index (κ1) is 10.4. The van der Waals surface area contributed by atoms with E-state index in [1.807, 2.05) is 19.1 Å².